The molecule has 2 aromatic heterocycles. The molecule has 21 heavy (non-hydrogen) atoms. The van der Waals surface area contributed by atoms with Crippen LogP contribution in [0.1, 0.15) is 12.5 Å². The van der Waals surface area contributed by atoms with Crippen LogP contribution in [0.5, 0.6) is 5.75 Å². The second kappa shape index (κ2) is 5.08. The summed E-state index contributed by atoms with van der Waals surface area (Å²) < 4.78 is 6.09. The van der Waals surface area contributed by atoms with Gasteiger partial charge in [0, 0.05) is 27.4 Å². The summed E-state index contributed by atoms with van der Waals surface area (Å²) in [6.07, 6.45) is 1.79. The minimum Gasteiger partial charge on any atom is -0.496 e. The number of ether oxygens (including phenoxy) is 1. The van der Waals surface area contributed by atoms with Crippen LogP contribution in [0, 0.1) is 11.3 Å². The Bertz CT molecular complexity index is 974. The van der Waals surface area contributed by atoms with E-state index in [1.807, 2.05) is 17.5 Å². The third-order valence-electron chi connectivity index (χ3n) is 3.35. The van der Waals surface area contributed by atoms with E-state index in [9.17, 15) is 4.79 Å². The zero-order valence-electron chi connectivity index (χ0n) is 11.6. The maximum Gasteiger partial charge on any atom is 0.266 e. The van der Waals surface area contributed by atoms with E-state index in [4.69, 9.17) is 10.00 Å². The first kappa shape index (κ1) is 13.4. The summed E-state index contributed by atoms with van der Waals surface area (Å²) in [7, 11) is 1.59. The second-order valence-electron chi connectivity index (χ2n) is 4.66. The highest BCUT2D eigenvalue weighted by Gasteiger charge is 2.13. The Morgan fingerprint density at radius 2 is 2.24 bits per heavy atom. The van der Waals surface area contributed by atoms with Crippen molar-refractivity contribution >= 4 is 38.4 Å². The summed E-state index contributed by atoms with van der Waals surface area (Å²) in [4.78, 5) is 14.9. The Kier molecular flexibility index (Phi) is 3.24. The SMILES string of the molecule is COc1ccc2[nH]c(=O)c3sccc3c2c1/C=C(\C)C#N. The molecule has 4 nitrogen and oxygen atoms in total. The van der Waals surface area contributed by atoms with Gasteiger partial charge in [-0.15, -0.1) is 11.3 Å². The average molecular weight is 296 g/mol. The quantitative estimate of drug-likeness (QED) is 0.734. The van der Waals surface area contributed by atoms with Crippen LogP contribution in [-0.2, 0) is 0 Å². The Morgan fingerprint density at radius 1 is 1.43 bits per heavy atom. The molecule has 0 unspecified atom stereocenters. The molecule has 0 aliphatic carbocycles. The molecule has 0 radical (unpaired) electrons. The number of nitrogens with one attached hydrogen (secondary N) is 1. The topological polar surface area (TPSA) is 65.9 Å². The second-order valence-corrected chi connectivity index (χ2v) is 5.58. The fourth-order valence-electron chi connectivity index (χ4n) is 2.43. The van der Waals surface area contributed by atoms with Gasteiger partial charge in [-0.2, -0.15) is 5.26 Å². The van der Waals surface area contributed by atoms with Crippen molar-refractivity contribution in [2.75, 3.05) is 7.11 Å². The molecule has 3 aromatic rings. The molecule has 0 aliphatic heterocycles. The van der Waals surface area contributed by atoms with Gasteiger partial charge in [0.15, 0.2) is 0 Å². The molecular formula is C16H12N2O2S. The molecule has 0 aliphatic rings. The molecule has 0 spiro atoms. The van der Waals surface area contributed by atoms with E-state index in [-0.39, 0.29) is 5.56 Å². The van der Waals surface area contributed by atoms with Gasteiger partial charge in [0.05, 0.1) is 13.2 Å². The molecule has 2 heterocycles. The standard InChI is InChI=1S/C16H12N2O2S/c1-9(8-17)7-11-13(20-2)4-3-12-14(11)10-5-6-21-15(10)16(19)18-12/h3-7H,1-2H3,(H,18,19)/b9-7+. The van der Waals surface area contributed by atoms with Crippen molar-refractivity contribution in [1.82, 2.24) is 4.98 Å². The third-order valence-corrected chi connectivity index (χ3v) is 4.26. The number of fused-ring (bicyclic) bond motifs is 3. The van der Waals surface area contributed by atoms with Gasteiger partial charge in [-0.3, -0.25) is 4.79 Å². The number of nitrogens with zero attached hydrogens (tertiary/aromatic N) is 1. The Labute approximate surface area is 124 Å². The van der Waals surface area contributed by atoms with Crippen molar-refractivity contribution in [2.45, 2.75) is 6.92 Å². The van der Waals surface area contributed by atoms with Crippen molar-refractivity contribution in [3.63, 3.8) is 0 Å². The van der Waals surface area contributed by atoms with Gasteiger partial charge < -0.3 is 9.72 Å². The predicted molar refractivity (Wildman–Crippen MR) is 85.8 cm³/mol. The van der Waals surface area contributed by atoms with Gasteiger partial charge in [-0.1, -0.05) is 0 Å². The van der Waals surface area contributed by atoms with Crippen molar-refractivity contribution in [2.24, 2.45) is 0 Å². The van der Waals surface area contributed by atoms with Crippen molar-refractivity contribution in [1.29, 1.82) is 5.26 Å². The van der Waals surface area contributed by atoms with Gasteiger partial charge in [-0.05, 0) is 36.6 Å². The molecule has 0 bridgehead atoms. The monoisotopic (exact) mass is 296 g/mol. The number of aromatic nitrogens is 1. The maximum atomic E-state index is 12.1. The number of H-pyrrole nitrogens is 1. The first-order valence-corrected chi connectivity index (χ1v) is 7.22. The van der Waals surface area contributed by atoms with Gasteiger partial charge in [0.2, 0.25) is 0 Å². The fourth-order valence-corrected chi connectivity index (χ4v) is 3.22. The minimum atomic E-state index is -0.0930. The largest absolute Gasteiger partial charge is 0.496 e. The molecule has 5 heteroatoms. The van der Waals surface area contributed by atoms with E-state index < -0.39 is 0 Å². The van der Waals surface area contributed by atoms with Crippen molar-refractivity contribution in [3.05, 3.63) is 45.1 Å². The number of thiophene rings is 1. The van der Waals surface area contributed by atoms with Crippen molar-refractivity contribution < 1.29 is 4.74 Å². The molecule has 1 aromatic carbocycles. The van der Waals surface area contributed by atoms with Crippen LogP contribution in [0.2, 0.25) is 0 Å². The summed E-state index contributed by atoms with van der Waals surface area (Å²) in [6.45, 7) is 1.74. The zero-order valence-corrected chi connectivity index (χ0v) is 12.4. The summed E-state index contributed by atoms with van der Waals surface area (Å²) in [5.74, 6) is 0.677. The molecule has 1 N–H and O–H groups in total. The van der Waals surface area contributed by atoms with E-state index in [2.05, 4.69) is 11.1 Å². The molecule has 0 atom stereocenters. The number of benzene rings is 1. The highest BCUT2D eigenvalue weighted by molar-refractivity contribution is 7.17. The number of aromatic amines is 1. The van der Waals surface area contributed by atoms with Crippen LogP contribution in [0.4, 0.5) is 0 Å². The van der Waals surface area contributed by atoms with Gasteiger partial charge in [0.25, 0.3) is 5.56 Å². The first-order chi connectivity index (χ1) is 10.2. The summed E-state index contributed by atoms with van der Waals surface area (Å²) >= 11 is 1.41. The van der Waals surface area contributed by atoms with Gasteiger partial charge in [0.1, 0.15) is 10.4 Å². The Morgan fingerprint density at radius 3 is 2.95 bits per heavy atom. The number of pyridine rings is 1. The molecular weight excluding hydrogens is 284 g/mol. The van der Waals surface area contributed by atoms with Crippen LogP contribution in [0.15, 0.2) is 33.9 Å². The number of allylic oxidation sites excluding steroid dienone is 1. The number of methoxy groups -OCH3 is 1. The highest BCUT2D eigenvalue weighted by Crippen LogP contribution is 2.34. The summed E-state index contributed by atoms with van der Waals surface area (Å²) in [6, 6.07) is 7.67. The molecule has 0 fully saturated rings. The predicted octanol–water partition coefficient (Wildman–Crippen LogP) is 3.68. The lowest BCUT2D eigenvalue weighted by molar-refractivity contribution is 0.414. The lowest BCUT2D eigenvalue weighted by Gasteiger charge is -2.10. The van der Waals surface area contributed by atoms with Crippen LogP contribution in [0.3, 0.4) is 0 Å². The Hall–Kier alpha value is -2.58. The molecule has 0 saturated heterocycles. The lowest BCUT2D eigenvalue weighted by Crippen LogP contribution is -2.05. The van der Waals surface area contributed by atoms with E-state index in [0.717, 1.165) is 21.9 Å². The van der Waals surface area contributed by atoms with Gasteiger partial charge >= 0.3 is 0 Å². The summed E-state index contributed by atoms with van der Waals surface area (Å²) in [5.41, 5.74) is 2.04. The number of rotatable bonds is 2. The van der Waals surface area contributed by atoms with Gasteiger partial charge in [-0.25, -0.2) is 0 Å². The number of nitriles is 1. The van der Waals surface area contributed by atoms with Crippen LogP contribution in [-0.4, -0.2) is 12.1 Å². The smallest absolute Gasteiger partial charge is 0.266 e. The van der Waals surface area contributed by atoms with E-state index in [1.165, 1.54) is 11.3 Å². The first-order valence-electron chi connectivity index (χ1n) is 6.34. The third kappa shape index (κ3) is 2.10. The normalized spacial score (nSPS) is 11.8. The van der Waals surface area contributed by atoms with E-state index in [0.29, 0.717) is 16.0 Å². The van der Waals surface area contributed by atoms with Crippen LogP contribution < -0.4 is 10.3 Å². The number of hydrogen-bond donors (Lipinski definition) is 1. The molecule has 0 amide bonds. The lowest BCUT2D eigenvalue weighted by atomic mass is 10.0. The minimum absolute atomic E-state index is 0.0930. The highest BCUT2D eigenvalue weighted by atomic mass is 32.1. The summed E-state index contributed by atoms with van der Waals surface area (Å²) in [5, 5.41) is 12.7. The Balaban J connectivity index is 2.56. The zero-order chi connectivity index (χ0) is 15.0. The van der Waals surface area contributed by atoms with E-state index in [1.54, 1.807) is 26.2 Å². The maximum absolute atomic E-state index is 12.1. The van der Waals surface area contributed by atoms with Crippen LogP contribution >= 0.6 is 11.3 Å². The average Bonchev–Trinajstić information content (AvgIpc) is 2.97. The van der Waals surface area contributed by atoms with Crippen LogP contribution in [0.25, 0.3) is 27.1 Å². The molecule has 0 saturated carbocycles. The molecule has 3 rings (SSSR count). The van der Waals surface area contributed by atoms with Crippen molar-refractivity contribution in [3.8, 4) is 11.8 Å². The number of hydrogen-bond acceptors (Lipinski definition) is 4. The van der Waals surface area contributed by atoms with E-state index >= 15 is 0 Å². The fraction of sp³-hybridized carbons (Fsp3) is 0.125. The molecule has 104 valence electrons.